The number of aromatic nitrogens is 1. The highest BCUT2D eigenvalue weighted by atomic mass is 32.1. The summed E-state index contributed by atoms with van der Waals surface area (Å²) in [5.41, 5.74) is 7.09. The van der Waals surface area contributed by atoms with Crippen molar-refractivity contribution >= 4 is 11.3 Å². The predicted molar refractivity (Wildman–Crippen MR) is 74.4 cm³/mol. The monoisotopic (exact) mass is 252 g/mol. The summed E-state index contributed by atoms with van der Waals surface area (Å²) < 4.78 is 0. The lowest BCUT2D eigenvalue weighted by atomic mass is 9.83. The van der Waals surface area contributed by atoms with E-state index in [9.17, 15) is 0 Å². The molecule has 17 heavy (non-hydrogen) atoms. The third kappa shape index (κ3) is 3.08. The topological polar surface area (TPSA) is 38.9 Å². The van der Waals surface area contributed by atoms with Crippen LogP contribution >= 0.6 is 11.3 Å². The minimum absolute atomic E-state index is 0.663. The number of hydrogen-bond donors (Lipinski definition) is 1. The molecule has 1 aliphatic rings. The minimum atomic E-state index is 0.663. The smallest absolute Gasteiger partial charge is 0.0962 e. The Bertz CT molecular complexity index is 351. The Hall–Kier alpha value is -0.410. The van der Waals surface area contributed by atoms with E-state index >= 15 is 0 Å². The van der Waals surface area contributed by atoms with Crippen molar-refractivity contribution in [2.24, 2.45) is 11.7 Å². The van der Waals surface area contributed by atoms with Gasteiger partial charge in [-0.25, -0.2) is 4.98 Å². The number of thiazole rings is 1. The average Bonchev–Trinajstić information content (AvgIpc) is 2.74. The van der Waals surface area contributed by atoms with E-state index in [1.165, 1.54) is 41.3 Å². The maximum Gasteiger partial charge on any atom is 0.0962 e. The van der Waals surface area contributed by atoms with Gasteiger partial charge >= 0.3 is 0 Å². The van der Waals surface area contributed by atoms with E-state index in [1.807, 2.05) is 11.3 Å². The number of rotatable bonds is 4. The van der Waals surface area contributed by atoms with Crippen molar-refractivity contribution in [1.82, 2.24) is 4.98 Å². The summed E-state index contributed by atoms with van der Waals surface area (Å²) in [4.78, 5) is 6.18. The number of hydrogen-bond acceptors (Lipinski definition) is 3. The molecule has 0 radical (unpaired) electrons. The SMILES string of the molecule is CCCc1nc(C2CCC(C)CC2)sc1CN. The van der Waals surface area contributed by atoms with Crippen molar-refractivity contribution < 1.29 is 0 Å². The van der Waals surface area contributed by atoms with Crippen LogP contribution in [0.5, 0.6) is 0 Å². The van der Waals surface area contributed by atoms with Gasteiger partial charge in [0.25, 0.3) is 0 Å². The number of nitrogens with two attached hydrogens (primary N) is 1. The molecular formula is C14H24N2S. The molecule has 2 nitrogen and oxygen atoms in total. The highest BCUT2D eigenvalue weighted by molar-refractivity contribution is 7.11. The highest BCUT2D eigenvalue weighted by Crippen LogP contribution is 2.38. The second-order valence-corrected chi connectivity index (χ2v) is 6.45. The molecule has 2 rings (SSSR count). The summed E-state index contributed by atoms with van der Waals surface area (Å²) >= 11 is 1.87. The van der Waals surface area contributed by atoms with Gasteiger partial charge in [0, 0.05) is 17.3 Å². The van der Waals surface area contributed by atoms with Crippen LogP contribution in [-0.2, 0) is 13.0 Å². The number of nitrogens with zero attached hydrogens (tertiary/aromatic N) is 1. The Morgan fingerprint density at radius 1 is 1.29 bits per heavy atom. The lowest BCUT2D eigenvalue weighted by molar-refractivity contribution is 0.347. The van der Waals surface area contributed by atoms with Crippen LogP contribution in [0.15, 0.2) is 0 Å². The first kappa shape index (κ1) is 13.0. The van der Waals surface area contributed by atoms with E-state index in [1.54, 1.807) is 0 Å². The molecule has 2 N–H and O–H groups in total. The molecule has 0 atom stereocenters. The Balaban J connectivity index is 2.10. The Morgan fingerprint density at radius 2 is 2.00 bits per heavy atom. The van der Waals surface area contributed by atoms with Gasteiger partial charge in [-0.3, -0.25) is 0 Å². The first-order chi connectivity index (χ1) is 8.24. The van der Waals surface area contributed by atoms with Crippen molar-refractivity contribution in [3.63, 3.8) is 0 Å². The van der Waals surface area contributed by atoms with E-state index in [-0.39, 0.29) is 0 Å². The van der Waals surface area contributed by atoms with Crippen LogP contribution in [-0.4, -0.2) is 4.98 Å². The van der Waals surface area contributed by atoms with Gasteiger partial charge in [-0.15, -0.1) is 11.3 Å². The molecule has 1 aromatic heterocycles. The zero-order valence-corrected chi connectivity index (χ0v) is 11.9. The third-order valence-corrected chi connectivity index (χ3v) is 5.11. The lowest BCUT2D eigenvalue weighted by Crippen LogP contribution is -2.10. The largest absolute Gasteiger partial charge is 0.326 e. The molecular weight excluding hydrogens is 228 g/mol. The van der Waals surface area contributed by atoms with Gasteiger partial charge in [0.05, 0.1) is 10.7 Å². The fraction of sp³-hybridized carbons (Fsp3) is 0.786. The zero-order chi connectivity index (χ0) is 12.3. The summed E-state index contributed by atoms with van der Waals surface area (Å²) in [5, 5.41) is 1.36. The first-order valence-corrected chi connectivity index (χ1v) is 7.74. The van der Waals surface area contributed by atoms with Gasteiger partial charge in [-0.1, -0.05) is 33.1 Å². The van der Waals surface area contributed by atoms with E-state index in [2.05, 4.69) is 13.8 Å². The van der Waals surface area contributed by atoms with Crippen molar-refractivity contribution in [3.05, 3.63) is 15.6 Å². The van der Waals surface area contributed by atoms with E-state index in [0.29, 0.717) is 12.5 Å². The average molecular weight is 252 g/mol. The standard InChI is InChI=1S/C14H24N2S/c1-3-4-12-13(9-15)17-14(16-12)11-7-5-10(2)6-8-11/h10-11H,3-9,15H2,1-2H3. The normalized spacial score (nSPS) is 25.1. The summed E-state index contributed by atoms with van der Waals surface area (Å²) in [6, 6.07) is 0. The molecule has 0 unspecified atom stereocenters. The molecule has 0 amide bonds. The van der Waals surface area contributed by atoms with Gasteiger partial charge in [0.1, 0.15) is 0 Å². The predicted octanol–water partition coefficient (Wildman–Crippen LogP) is 3.85. The summed E-state index contributed by atoms with van der Waals surface area (Å²) in [6.45, 7) is 5.24. The summed E-state index contributed by atoms with van der Waals surface area (Å²) in [6.07, 6.45) is 7.63. The van der Waals surface area contributed by atoms with E-state index in [0.717, 1.165) is 18.8 Å². The van der Waals surface area contributed by atoms with E-state index in [4.69, 9.17) is 10.7 Å². The van der Waals surface area contributed by atoms with Gasteiger partial charge < -0.3 is 5.73 Å². The maximum absolute atomic E-state index is 5.82. The molecule has 1 saturated carbocycles. The molecule has 96 valence electrons. The quantitative estimate of drug-likeness (QED) is 0.884. The Kier molecular flexibility index (Phi) is 4.57. The van der Waals surface area contributed by atoms with Crippen molar-refractivity contribution in [2.45, 2.75) is 64.8 Å². The number of aryl methyl sites for hydroxylation is 1. The zero-order valence-electron chi connectivity index (χ0n) is 11.0. The molecule has 0 bridgehead atoms. The Labute approximate surface area is 109 Å². The van der Waals surface area contributed by atoms with Crippen LogP contribution in [0.3, 0.4) is 0 Å². The molecule has 0 aromatic carbocycles. The second-order valence-electron chi connectivity index (χ2n) is 5.33. The van der Waals surface area contributed by atoms with Crippen LogP contribution in [0.1, 0.15) is 67.4 Å². The molecule has 3 heteroatoms. The van der Waals surface area contributed by atoms with Crippen molar-refractivity contribution in [3.8, 4) is 0 Å². The van der Waals surface area contributed by atoms with Crippen LogP contribution in [0, 0.1) is 5.92 Å². The molecule has 0 spiro atoms. The molecule has 0 aliphatic heterocycles. The van der Waals surface area contributed by atoms with Gasteiger partial charge in [-0.2, -0.15) is 0 Å². The van der Waals surface area contributed by atoms with Gasteiger partial charge in [0.15, 0.2) is 0 Å². The highest BCUT2D eigenvalue weighted by Gasteiger charge is 2.23. The minimum Gasteiger partial charge on any atom is -0.326 e. The molecule has 1 fully saturated rings. The van der Waals surface area contributed by atoms with Crippen molar-refractivity contribution in [2.75, 3.05) is 0 Å². The fourth-order valence-electron chi connectivity index (χ4n) is 2.68. The third-order valence-electron chi connectivity index (χ3n) is 3.83. The Morgan fingerprint density at radius 3 is 2.59 bits per heavy atom. The molecule has 1 aliphatic carbocycles. The second kappa shape index (κ2) is 5.96. The molecule has 0 saturated heterocycles. The van der Waals surface area contributed by atoms with Crippen molar-refractivity contribution in [1.29, 1.82) is 0 Å². The summed E-state index contributed by atoms with van der Waals surface area (Å²) in [5.74, 6) is 1.63. The maximum atomic E-state index is 5.82. The first-order valence-electron chi connectivity index (χ1n) is 6.93. The van der Waals surface area contributed by atoms with E-state index < -0.39 is 0 Å². The van der Waals surface area contributed by atoms with Crippen LogP contribution in [0.2, 0.25) is 0 Å². The lowest BCUT2D eigenvalue weighted by Gasteiger charge is -2.24. The molecule has 1 heterocycles. The van der Waals surface area contributed by atoms with Crippen LogP contribution < -0.4 is 5.73 Å². The van der Waals surface area contributed by atoms with Gasteiger partial charge in [0.2, 0.25) is 0 Å². The van der Waals surface area contributed by atoms with Crippen LogP contribution in [0.4, 0.5) is 0 Å². The molecule has 1 aromatic rings. The van der Waals surface area contributed by atoms with Gasteiger partial charge in [-0.05, 0) is 25.2 Å². The fourth-order valence-corrected chi connectivity index (χ4v) is 3.84. The van der Waals surface area contributed by atoms with Crippen LogP contribution in [0.25, 0.3) is 0 Å². The summed E-state index contributed by atoms with van der Waals surface area (Å²) in [7, 11) is 0.